The van der Waals surface area contributed by atoms with Crippen LogP contribution in [-0.4, -0.2) is 15.2 Å². The van der Waals surface area contributed by atoms with Crippen LogP contribution >= 0.6 is 11.6 Å². The molecule has 4 aromatic rings. The smallest absolute Gasteiger partial charge is 0.153 e. The average Bonchev–Trinajstić information content (AvgIpc) is 3.41. The van der Waals surface area contributed by atoms with Crippen LogP contribution in [0.2, 0.25) is 5.02 Å². The first-order valence-corrected chi connectivity index (χ1v) is 9.13. The van der Waals surface area contributed by atoms with Gasteiger partial charge in [0.1, 0.15) is 5.82 Å². The first-order chi connectivity index (χ1) is 12.8. The van der Waals surface area contributed by atoms with Gasteiger partial charge in [0, 0.05) is 33.7 Å². The van der Waals surface area contributed by atoms with Crippen molar-refractivity contribution in [2.24, 2.45) is 0 Å². The topological polar surface area (TPSA) is 53.6 Å². The number of H-pyrrole nitrogens is 1. The van der Waals surface area contributed by atoms with E-state index >= 15 is 0 Å². The van der Waals surface area contributed by atoms with Gasteiger partial charge in [-0.05, 0) is 30.4 Å². The zero-order chi connectivity index (χ0) is 17.5. The van der Waals surface area contributed by atoms with E-state index in [0.717, 1.165) is 33.7 Å². The van der Waals surface area contributed by atoms with Crippen molar-refractivity contribution in [3.8, 4) is 11.3 Å². The molecule has 2 heterocycles. The lowest BCUT2D eigenvalue weighted by Crippen LogP contribution is -1.97. The first-order valence-electron chi connectivity index (χ1n) is 8.75. The first kappa shape index (κ1) is 15.4. The Morgan fingerprint density at radius 1 is 1.00 bits per heavy atom. The molecule has 26 heavy (non-hydrogen) atoms. The minimum atomic E-state index is 0.636. The number of aromatic amines is 1. The van der Waals surface area contributed by atoms with Crippen LogP contribution in [0.25, 0.3) is 22.0 Å². The molecule has 2 aromatic heterocycles. The number of hydrogen-bond acceptors (Lipinski definition) is 3. The van der Waals surface area contributed by atoms with Gasteiger partial charge in [0.15, 0.2) is 5.82 Å². The van der Waals surface area contributed by atoms with Gasteiger partial charge >= 0.3 is 0 Å². The van der Waals surface area contributed by atoms with Gasteiger partial charge in [-0.3, -0.25) is 5.10 Å². The number of hydrogen-bond donors (Lipinski definition) is 2. The Morgan fingerprint density at radius 3 is 2.65 bits per heavy atom. The van der Waals surface area contributed by atoms with Gasteiger partial charge in [-0.25, -0.2) is 4.98 Å². The van der Waals surface area contributed by atoms with E-state index in [2.05, 4.69) is 39.8 Å². The molecule has 5 heteroatoms. The molecule has 0 spiro atoms. The van der Waals surface area contributed by atoms with Gasteiger partial charge in [0.2, 0.25) is 0 Å². The second-order valence-corrected chi connectivity index (χ2v) is 7.07. The van der Waals surface area contributed by atoms with Crippen LogP contribution in [-0.2, 0) is 0 Å². The second kappa shape index (κ2) is 6.15. The summed E-state index contributed by atoms with van der Waals surface area (Å²) in [6.07, 6.45) is 2.48. The molecule has 2 N–H and O–H groups in total. The van der Waals surface area contributed by atoms with Crippen molar-refractivity contribution >= 4 is 34.0 Å². The van der Waals surface area contributed by atoms with Gasteiger partial charge in [0.05, 0.1) is 5.69 Å². The number of fused-ring (bicyclic) bond motifs is 1. The zero-order valence-corrected chi connectivity index (χ0v) is 14.8. The molecule has 0 bridgehead atoms. The molecule has 0 amide bonds. The van der Waals surface area contributed by atoms with Crippen LogP contribution in [0.4, 0.5) is 11.6 Å². The summed E-state index contributed by atoms with van der Waals surface area (Å²) in [5.41, 5.74) is 2.96. The lowest BCUT2D eigenvalue weighted by Gasteiger charge is -2.11. The molecular formula is C21H17ClN4. The van der Waals surface area contributed by atoms with E-state index in [-0.39, 0.29) is 0 Å². The molecule has 1 fully saturated rings. The summed E-state index contributed by atoms with van der Waals surface area (Å²) in [7, 11) is 0. The largest absolute Gasteiger partial charge is 0.323 e. The molecule has 1 aliphatic rings. The van der Waals surface area contributed by atoms with Crippen molar-refractivity contribution in [1.29, 1.82) is 0 Å². The molecule has 2 aromatic carbocycles. The van der Waals surface area contributed by atoms with Gasteiger partial charge in [-0.2, -0.15) is 5.10 Å². The van der Waals surface area contributed by atoms with Crippen molar-refractivity contribution < 1.29 is 0 Å². The highest BCUT2D eigenvalue weighted by molar-refractivity contribution is 6.33. The SMILES string of the molecule is Clc1ccccc1-c1cc2ccccc2c(Nc2cc(C3CC3)[nH]n2)n1. The van der Waals surface area contributed by atoms with Crippen LogP contribution in [0.5, 0.6) is 0 Å². The number of benzene rings is 2. The van der Waals surface area contributed by atoms with Crippen molar-refractivity contribution in [3.05, 3.63) is 71.4 Å². The standard InChI is InChI=1S/C21H17ClN4/c22-17-8-4-3-7-16(17)19-11-14-5-1-2-6-15(14)21(23-19)24-20-12-18(25-26-20)13-9-10-13/h1-8,11-13H,9-10H2,(H2,23,24,25,26). The number of aromatic nitrogens is 3. The summed E-state index contributed by atoms with van der Waals surface area (Å²) >= 11 is 6.39. The summed E-state index contributed by atoms with van der Waals surface area (Å²) < 4.78 is 0. The number of pyridine rings is 1. The van der Waals surface area contributed by atoms with Crippen LogP contribution in [0, 0.1) is 0 Å². The Morgan fingerprint density at radius 2 is 1.81 bits per heavy atom. The van der Waals surface area contributed by atoms with E-state index in [0.29, 0.717) is 10.9 Å². The summed E-state index contributed by atoms with van der Waals surface area (Å²) in [6, 6.07) is 20.1. The van der Waals surface area contributed by atoms with Crippen LogP contribution in [0.3, 0.4) is 0 Å². The van der Waals surface area contributed by atoms with Crippen molar-refractivity contribution in [1.82, 2.24) is 15.2 Å². The number of halogens is 1. The van der Waals surface area contributed by atoms with E-state index in [4.69, 9.17) is 16.6 Å². The Bertz CT molecular complexity index is 1100. The minimum absolute atomic E-state index is 0.636. The fraction of sp³-hybridized carbons (Fsp3) is 0.143. The molecular weight excluding hydrogens is 344 g/mol. The summed E-state index contributed by atoms with van der Waals surface area (Å²) in [5.74, 6) is 2.21. The van der Waals surface area contributed by atoms with E-state index < -0.39 is 0 Å². The third kappa shape index (κ3) is 2.82. The predicted molar refractivity (Wildman–Crippen MR) is 106 cm³/mol. The van der Waals surface area contributed by atoms with E-state index in [9.17, 15) is 0 Å². The van der Waals surface area contributed by atoms with Crippen molar-refractivity contribution in [3.63, 3.8) is 0 Å². The predicted octanol–water partition coefficient (Wildman–Crippen LogP) is 5.90. The lowest BCUT2D eigenvalue weighted by molar-refractivity contribution is 0.966. The fourth-order valence-electron chi connectivity index (χ4n) is 3.23. The van der Waals surface area contributed by atoms with E-state index in [1.54, 1.807) is 0 Å². The molecule has 128 valence electrons. The quantitative estimate of drug-likeness (QED) is 0.476. The lowest BCUT2D eigenvalue weighted by atomic mass is 10.1. The maximum Gasteiger partial charge on any atom is 0.153 e. The molecule has 0 unspecified atom stereocenters. The molecule has 1 saturated carbocycles. The monoisotopic (exact) mass is 360 g/mol. The molecule has 0 aliphatic heterocycles. The Hall–Kier alpha value is -2.85. The Kier molecular flexibility index (Phi) is 3.64. The number of rotatable bonds is 4. The van der Waals surface area contributed by atoms with Crippen LogP contribution in [0.15, 0.2) is 60.7 Å². The molecule has 0 radical (unpaired) electrons. The maximum atomic E-state index is 6.39. The molecule has 1 aliphatic carbocycles. The van der Waals surface area contributed by atoms with Gasteiger partial charge in [-0.15, -0.1) is 0 Å². The maximum absolute atomic E-state index is 6.39. The molecule has 5 rings (SSSR count). The third-order valence-corrected chi connectivity index (χ3v) is 5.08. The highest BCUT2D eigenvalue weighted by Crippen LogP contribution is 2.40. The summed E-state index contributed by atoms with van der Waals surface area (Å²) in [6.45, 7) is 0. The highest BCUT2D eigenvalue weighted by Gasteiger charge is 2.25. The van der Waals surface area contributed by atoms with Crippen molar-refractivity contribution in [2.45, 2.75) is 18.8 Å². The Balaban J connectivity index is 1.61. The third-order valence-electron chi connectivity index (χ3n) is 4.75. The molecule has 0 saturated heterocycles. The number of anilines is 2. The summed E-state index contributed by atoms with van der Waals surface area (Å²) in [4.78, 5) is 4.85. The van der Waals surface area contributed by atoms with E-state index in [1.807, 2.05) is 36.4 Å². The van der Waals surface area contributed by atoms with Gasteiger partial charge in [-0.1, -0.05) is 54.1 Å². The zero-order valence-electron chi connectivity index (χ0n) is 14.0. The van der Waals surface area contributed by atoms with Gasteiger partial charge in [0.25, 0.3) is 0 Å². The second-order valence-electron chi connectivity index (χ2n) is 6.66. The summed E-state index contributed by atoms with van der Waals surface area (Å²) in [5, 5.41) is 13.8. The number of nitrogens with one attached hydrogen (secondary N) is 2. The van der Waals surface area contributed by atoms with Crippen LogP contribution in [0.1, 0.15) is 24.5 Å². The average molecular weight is 361 g/mol. The van der Waals surface area contributed by atoms with Crippen molar-refractivity contribution in [2.75, 3.05) is 5.32 Å². The fourth-order valence-corrected chi connectivity index (χ4v) is 3.46. The van der Waals surface area contributed by atoms with Crippen LogP contribution < -0.4 is 5.32 Å². The number of nitrogens with zero attached hydrogens (tertiary/aromatic N) is 2. The Labute approximate surface area is 156 Å². The van der Waals surface area contributed by atoms with Gasteiger partial charge < -0.3 is 5.32 Å². The van der Waals surface area contributed by atoms with E-state index in [1.165, 1.54) is 18.5 Å². The highest BCUT2D eigenvalue weighted by atomic mass is 35.5. The normalized spacial score (nSPS) is 13.9. The minimum Gasteiger partial charge on any atom is -0.323 e. The molecule has 4 nitrogen and oxygen atoms in total. The molecule has 0 atom stereocenters.